The van der Waals surface area contributed by atoms with Crippen LogP contribution in [0.1, 0.15) is 39.4 Å². The molecule has 1 atom stereocenters. The predicted molar refractivity (Wildman–Crippen MR) is 66.4 cm³/mol. The van der Waals surface area contributed by atoms with Gasteiger partial charge in [-0.25, -0.2) is 0 Å². The molecule has 0 amide bonds. The van der Waals surface area contributed by atoms with E-state index < -0.39 is 11.6 Å². The fraction of sp³-hybridized carbons (Fsp3) is 0.143. The van der Waals surface area contributed by atoms with Crippen LogP contribution in [0.2, 0.25) is 0 Å². The van der Waals surface area contributed by atoms with E-state index in [0.29, 0.717) is 5.56 Å². The maximum atomic E-state index is 12.0. The van der Waals surface area contributed by atoms with Crippen LogP contribution in [-0.4, -0.2) is 11.6 Å². The molecule has 4 heteroatoms. The SMILES string of the molecule is CC(N)c1cccc(C(=O)C(=O)c2ccco2)c1. The molecular weight excluding hydrogens is 230 g/mol. The Bertz CT molecular complexity index is 570. The zero-order valence-corrected chi connectivity index (χ0v) is 9.92. The molecule has 1 heterocycles. The third kappa shape index (κ3) is 2.38. The van der Waals surface area contributed by atoms with E-state index in [4.69, 9.17) is 10.2 Å². The molecule has 1 unspecified atom stereocenters. The Morgan fingerprint density at radius 1 is 1.17 bits per heavy atom. The molecule has 4 nitrogen and oxygen atoms in total. The summed E-state index contributed by atoms with van der Waals surface area (Å²) in [4.78, 5) is 23.8. The normalized spacial score (nSPS) is 12.1. The van der Waals surface area contributed by atoms with Crippen LogP contribution in [0.3, 0.4) is 0 Å². The van der Waals surface area contributed by atoms with E-state index in [1.807, 2.05) is 13.0 Å². The number of carbonyl (C=O) groups is 2. The van der Waals surface area contributed by atoms with Gasteiger partial charge in [-0.05, 0) is 30.7 Å². The second-order valence-electron chi connectivity index (χ2n) is 4.05. The molecule has 0 aliphatic rings. The van der Waals surface area contributed by atoms with Gasteiger partial charge in [0.2, 0.25) is 5.78 Å². The Morgan fingerprint density at radius 3 is 2.56 bits per heavy atom. The summed E-state index contributed by atoms with van der Waals surface area (Å²) >= 11 is 0. The molecule has 18 heavy (non-hydrogen) atoms. The zero-order valence-electron chi connectivity index (χ0n) is 9.92. The molecule has 2 rings (SSSR count). The van der Waals surface area contributed by atoms with Gasteiger partial charge in [0.1, 0.15) is 0 Å². The summed E-state index contributed by atoms with van der Waals surface area (Å²) in [5.74, 6) is -1.19. The van der Waals surface area contributed by atoms with Gasteiger partial charge in [0.15, 0.2) is 5.76 Å². The van der Waals surface area contributed by atoms with Gasteiger partial charge in [0.05, 0.1) is 6.26 Å². The Morgan fingerprint density at radius 2 is 1.94 bits per heavy atom. The van der Waals surface area contributed by atoms with Gasteiger partial charge in [-0.1, -0.05) is 18.2 Å². The molecule has 0 radical (unpaired) electrons. The third-order valence-corrected chi connectivity index (χ3v) is 2.63. The van der Waals surface area contributed by atoms with Crippen LogP contribution < -0.4 is 5.73 Å². The quantitative estimate of drug-likeness (QED) is 0.660. The van der Waals surface area contributed by atoms with Gasteiger partial charge >= 0.3 is 0 Å². The number of hydrogen-bond acceptors (Lipinski definition) is 4. The summed E-state index contributed by atoms with van der Waals surface area (Å²) in [5.41, 5.74) is 6.88. The van der Waals surface area contributed by atoms with Gasteiger partial charge in [-0.15, -0.1) is 0 Å². The first-order chi connectivity index (χ1) is 8.59. The largest absolute Gasteiger partial charge is 0.461 e. The van der Waals surface area contributed by atoms with Crippen LogP contribution in [0.5, 0.6) is 0 Å². The number of Topliss-reactive ketones (excluding diaryl/α,β-unsaturated/α-hetero) is 2. The van der Waals surface area contributed by atoms with Crippen LogP contribution in [0.25, 0.3) is 0 Å². The second kappa shape index (κ2) is 4.98. The van der Waals surface area contributed by atoms with Crippen molar-refractivity contribution in [2.75, 3.05) is 0 Å². The van der Waals surface area contributed by atoms with Gasteiger partial charge in [0.25, 0.3) is 5.78 Å². The maximum Gasteiger partial charge on any atom is 0.268 e. The first kappa shape index (κ1) is 12.3. The number of benzene rings is 1. The third-order valence-electron chi connectivity index (χ3n) is 2.63. The molecular formula is C14H13NO3. The molecule has 2 N–H and O–H groups in total. The van der Waals surface area contributed by atoms with E-state index >= 15 is 0 Å². The Kier molecular flexibility index (Phi) is 3.39. The van der Waals surface area contributed by atoms with Crippen LogP contribution in [0.15, 0.2) is 47.1 Å². The lowest BCUT2D eigenvalue weighted by Gasteiger charge is -2.06. The average Bonchev–Trinajstić information content (AvgIpc) is 2.91. The van der Waals surface area contributed by atoms with Gasteiger partial charge in [-0.3, -0.25) is 9.59 Å². The lowest BCUT2D eigenvalue weighted by atomic mass is 10.0. The first-order valence-electron chi connectivity index (χ1n) is 5.57. The highest BCUT2D eigenvalue weighted by molar-refractivity contribution is 6.48. The molecule has 0 saturated carbocycles. The van der Waals surface area contributed by atoms with Crippen LogP contribution >= 0.6 is 0 Å². The van der Waals surface area contributed by atoms with E-state index in [-0.39, 0.29) is 11.8 Å². The fourth-order valence-electron chi connectivity index (χ4n) is 1.61. The molecule has 1 aromatic heterocycles. The minimum absolute atomic E-state index is 0.0474. The highest BCUT2D eigenvalue weighted by Gasteiger charge is 2.20. The van der Waals surface area contributed by atoms with Crippen LogP contribution in [0.4, 0.5) is 0 Å². The maximum absolute atomic E-state index is 12.0. The van der Waals surface area contributed by atoms with E-state index in [1.165, 1.54) is 12.3 Å². The monoisotopic (exact) mass is 243 g/mol. The molecule has 1 aromatic carbocycles. The summed E-state index contributed by atoms with van der Waals surface area (Å²) in [6.07, 6.45) is 1.36. The topological polar surface area (TPSA) is 73.3 Å². The zero-order chi connectivity index (χ0) is 13.1. The number of furan rings is 1. The van der Waals surface area contributed by atoms with Crippen molar-refractivity contribution >= 4 is 11.6 Å². The Balaban J connectivity index is 2.29. The summed E-state index contributed by atoms with van der Waals surface area (Å²) in [6, 6.07) is 9.61. The van der Waals surface area contributed by atoms with Crippen molar-refractivity contribution in [3.05, 3.63) is 59.5 Å². The number of rotatable bonds is 4. The van der Waals surface area contributed by atoms with E-state index in [2.05, 4.69) is 0 Å². The molecule has 0 aliphatic heterocycles. The van der Waals surface area contributed by atoms with Crippen LogP contribution in [0, 0.1) is 0 Å². The van der Waals surface area contributed by atoms with E-state index in [0.717, 1.165) is 5.56 Å². The number of carbonyl (C=O) groups excluding carboxylic acids is 2. The molecule has 0 spiro atoms. The van der Waals surface area contributed by atoms with Crippen molar-refractivity contribution in [1.29, 1.82) is 0 Å². The number of ketones is 2. The van der Waals surface area contributed by atoms with E-state index in [1.54, 1.807) is 24.3 Å². The van der Waals surface area contributed by atoms with Crippen molar-refractivity contribution in [2.45, 2.75) is 13.0 Å². The Hall–Kier alpha value is -2.20. The summed E-state index contributed by atoms with van der Waals surface area (Å²) in [5, 5.41) is 0. The lowest BCUT2D eigenvalue weighted by molar-refractivity contribution is 0.0801. The lowest BCUT2D eigenvalue weighted by Crippen LogP contribution is -2.15. The van der Waals surface area contributed by atoms with Crippen molar-refractivity contribution < 1.29 is 14.0 Å². The standard InChI is InChI=1S/C14H13NO3/c1-9(15)10-4-2-5-11(8-10)13(16)14(17)12-6-3-7-18-12/h2-9H,15H2,1H3. The smallest absolute Gasteiger partial charge is 0.268 e. The first-order valence-corrected chi connectivity index (χ1v) is 5.57. The molecule has 0 aliphatic carbocycles. The summed E-state index contributed by atoms with van der Waals surface area (Å²) in [6.45, 7) is 1.82. The van der Waals surface area contributed by atoms with E-state index in [9.17, 15) is 9.59 Å². The molecule has 0 saturated heterocycles. The number of nitrogens with two attached hydrogens (primary N) is 1. The highest BCUT2D eigenvalue weighted by Crippen LogP contribution is 2.14. The molecule has 0 fully saturated rings. The van der Waals surface area contributed by atoms with Gasteiger partial charge < -0.3 is 10.2 Å². The van der Waals surface area contributed by atoms with Crippen molar-refractivity contribution in [2.24, 2.45) is 5.73 Å². The van der Waals surface area contributed by atoms with Gasteiger partial charge in [-0.2, -0.15) is 0 Å². The molecule has 0 bridgehead atoms. The summed E-state index contributed by atoms with van der Waals surface area (Å²) < 4.78 is 4.92. The minimum atomic E-state index is -0.651. The van der Waals surface area contributed by atoms with Crippen molar-refractivity contribution in [1.82, 2.24) is 0 Å². The second-order valence-corrected chi connectivity index (χ2v) is 4.05. The Labute approximate surface area is 104 Å². The fourth-order valence-corrected chi connectivity index (χ4v) is 1.61. The molecule has 2 aromatic rings. The van der Waals surface area contributed by atoms with Crippen molar-refractivity contribution in [3.63, 3.8) is 0 Å². The van der Waals surface area contributed by atoms with Gasteiger partial charge in [0, 0.05) is 11.6 Å². The predicted octanol–water partition coefficient (Wildman–Crippen LogP) is 2.36. The minimum Gasteiger partial charge on any atom is -0.461 e. The average molecular weight is 243 g/mol. The summed E-state index contributed by atoms with van der Waals surface area (Å²) in [7, 11) is 0. The van der Waals surface area contributed by atoms with Crippen molar-refractivity contribution in [3.8, 4) is 0 Å². The van der Waals surface area contributed by atoms with Crippen LogP contribution in [-0.2, 0) is 0 Å². The molecule has 92 valence electrons. The number of hydrogen-bond donors (Lipinski definition) is 1. The highest BCUT2D eigenvalue weighted by atomic mass is 16.3.